The minimum atomic E-state index is 0.331. The second kappa shape index (κ2) is 3.77. The standard InChI is InChI=1S/C11H13N3O/c1-14(2)10-7-13-8(6-12)5-11(10)15-9-3-4-9/h5,7,9H,3-4H2,1-2H3. The normalized spacial score (nSPS) is 14.5. The van der Waals surface area contributed by atoms with Crippen molar-refractivity contribution in [2.75, 3.05) is 19.0 Å². The van der Waals surface area contributed by atoms with Gasteiger partial charge in [0.15, 0.2) is 0 Å². The summed E-state index contributed by atoms with van der Waals surface area (Å²) in [6.07, 6.45) is 4.22. The Kier molecular flexibility index (Phi) is 2.46. The quantitative estimate of drug-likeness (QED) is 0.748. The smallest absolute Gasteiger partial charge is 0.147 e. The van der Waals surface area contributed by atoms with Crippen molar-refractivity contribution in [2.45, 2.75) is 18.9 Å². The minimum absolute atomic E-state index is 0.331. The molecule has 0 aliphatic heterocycles. The van der Waals surface area contributed by atoms with E-state index in [2.05, 4.69) is 4.98 Å². The summed E-state index contributed by atoms with van der Waals surface area (Å²) >= 11 is 0. The summed E-state index contributed by atoms with van der Waals surface area (Å²) in [4.78, 5) is 5.96. The van der Waals surface area contributed by atoms with Crippen molar-refractivity contribution >= 4 is 5.69 Å². The van der Waals surface area contributed by atoms with Crippen LogP contribution in [0.1, 0.15) is 18.5 Å². The highest BCUT2D eigenvalue weighted by molar-refractivity contribution is 5.57. The van der Waals surface area contributed by atoms with Gasteiger partial charge in [0.05, 0.1) is 18.0 Å². The van der Waals surface area contributed by atoms with Crippen LogP contribution >= 0.6 is 0 Å². The number of hydrogen-bond acceptors (Lipinski definition) is 4. The number of aromatic nitrogens is 1. The van der Waals surface area contributed by atoms with Gasteiger partial charge < -0.3 is 9.64 Å². The van der Waals surface area contributed by atoms with Gasteiger partial charge in [-0.3, -0.25) is 0 Å². The highest BCUT2D eigenvalue weighted by atomic mass is 16.5. The van der Waals surface area contributed by atoms with E-state index in [9.17, 15) is 0 Å². The topological polar surface area (TPSA) is 49.2 Å². The molecule has 0 spiro atoms. The van der Waals surface area contributed by atoms with Crippen LogP contribution in [0.5, 0.6) is 5.75 Å². The lowest BCUT2D eigenvalue weighted by molar-refractivity contribution is 0.303. The first-order valence-electron chi connectivity index (χ1n) is 4.95. The van der Waals surface area contributed by atoms with Crippen molar-refractivity contribution in [3.05, 3.63) is 18.0 Å². The first-order valence-corrected chi connectivity index (χ1v) is 4.95. The van der Waals surface area contributed by atoms with Gasteiger partial charge >= 0.3 is 0 Å². The number of nitrogens with zero attached hydrogens (tertiary/aromatic N) is 3. The van der Waals surface area contributed by atoms with Crippen molar-refractivity contribution in [1.82, 2.24) is 4.98 Å². The minimum Gasteiger partial charge on any atom is -0.488 e. The molecule has 0 aromatic carbocycles. The van der Waals surface area contributed by atoms with E-state index in [1.54, 1.807) is 12.3 Å². The Morgan fingerprint density at radius 3 is 2.80 bits per heavy atom. The van der Waals surface area contributed by atoms with Gasteiger partial charge in [0.2, 0.25) is 0 Å². The molecule has 0 atom stereocenters. The van der Waals surface area contributed by atoms with E-state index >= 15 is 0 Å². The van der Waals surface area contributed by atoms with Gasteiger partial charge in [-0.05, 0) is 12.8 Å². The van der Waals surface area contributed by atoms with Gasteiger partial charge in [-0.2, -0.15) is 5.26 Å². The SMILES string of the molecule is CN(C)c1cnc(C#N)cc1OC1CC1. The molecule has 0 bridgehead atoms. The summed E-state index contributed by atoms with van der Waals surface area (Å²) in [5.41, 5.74) is 1.32. The summed E-state index contributed by atoms with van der Waals surface area (Å²) < 4.78 is 5.73. The van der Waals surface area contributed by atoms with E-state index < -0.39 is 0 Å². The summed E-state index contributed by atoms with van der Waals surface area (Å²) in [6.45, 7) is 0. The first kappa shape index (κ1) is 9.78. The average Bonchev–Trinajstić information content (AvgIpc) is 3.01. The second-order valence-electron chi connectivity index (χ2n) is 3.86. The Morgan fingerprint density at radius 1 is 1.53 bits per heavy atom. The number of anilines is 1. The summed E-state index contributed by atoms with van der Waals surface area (Å²) in [7, 11) is 3.87. The Balaban J connectivity index is 2.32. The zero-order valence-corrected chi connectivity index (χ0v) is 8.90. The number of nitriles is 1. The number of hydrogen-bond donors (Lipinski definition) is 0. The monoisotopic (exact) mass is 203 g/mol. The van der Waals surface area contributed by atoms with Crippen LogP contribution in [0.3, 0.4) is 0 Å². The van der Waals surface area contributed by atoms with Crippen LogP contribution in [0.2, 0.25) is 0 Å². The van der Waals surface area contributed by atoms with Gasteiger partial charge in [-0.1, -0.05) is 0 Å². The molecule has 1 aliphatic rings. The molecule has 1 heterocycles. The Labute approximate surface area is 89.1 Å². The number of ether oxygens (including phenoxy) is 1. The fourth-order valence-electron chi connectivity index (χ4n) is 1.29. The summed E-state index contributed by atoms with van der Waals surface area (Å²) in [5, 5.41) is 8.76. The number of pyridine rings is 1. The molecule has 1 aromatic rings. The van der Waals surface area contributed by atoms with Crippen molar-refractivity contribution < 1.29 is 4.74 Å². The van der Waals surface area contributed by atoms with Crippen molar-refractivity contribution in [2.24, 2.45) is 0 Å². The molecule has 78 valence electrons. The lowest BCUT2D eigenvalue weighted by atomic mass is 10.3. The molecule has 1 fully saturated rings. The van der Waals surface area contributed by atoms with Gasteiger partial charge in [-0.25, -0.2) is 4.98 Å². The molecule has 1 aliphatic carbocycles. The highest BCUT2D eigenvalue weighted by Crippen LogP contribution is 2.33. The molecule has 1 aromatic heterocycles. The van der Waals surface area contributed by atoms with E-state index in [1.165, 1.54) is 0 Å². The zero-order valence-electron chi connectivity index (χ0n) is 8.90. The molecule has 4 heteroatoms. The average molecular weight is 203 g/mol. The largest absolute Gasteiger partial charge is 0.488 e. The van der Waals surface area contributed by atoms with E-state index in [4.69, 9.17) is 10.00 Å². The highest BCUT2D eigenvalue weighted by Gasteiger charge is 2.25. The molecule has 15 heavy (non-hydrogen) atoms. The molecular formula is C11H13N3O. The predicted octanol–water partition coefficient (Wildman–Crippen LogP) is 1.56. The molecule has 0 radical (unpaired) electrons. The maximum Gasteiger partial charge on any atom is 0.147 e. The molecule has 2 rings (SSSR count). The molecule has 0 unspecified atom stereocenters. The van der Waals surface area contributed by atoms with E-state index in [1.807, 2.05) is 25.1 Å². The predicted molar refractivity (Wildman–Crippen MR) is 56.9 cm³/mol. The van der Waals surface area contributed by atoms with Gasteiger partial charge in [0, 0.05) is 20.2 Å². The van der Waals surface area contributed by atoms with Crippen LogP contribution in [0.25, 0.3) is 0 Å². The van der Waals surface area contributed by atoms with Crippen LogP contribution in [-0.2, 0) is 0 Å². The van der Waals surface area contributed by atoms with Crippen LogP contribution in [0, 0.1) is 11.3 Å². The third-order valence-corrected chi connectivity index (χ3v) is 2.26. The van der Waals surface area contributed by atoms with Crippen molar-refractivity contribution in [1.29, 1.82) is 5.26 Å². The molecule has 1 saturated carbocycles. The van der Waals surface area contributed by atoms with E-state index in [0.29, 0.717) is 11.8 Å². The Hall–Kier alpha value is -1.76. The van der Waals surface area contributed by atoms with Gasteiger partial charge in [0.25, 0.3) is 0 Å². The fourth-order valence-corrected chi connectivity index (χ4v) is 1.29. The summed E-state index contributed by atoms with van der Waals surface area (Å²) in [5.74, 6) is 0.758. The molecule has 0 saturated heterocycles. The molecule has 0 N–H and O–H groups in total. The Bertz CT molecular complexity index is 405. The molecule has 4 nitrogen and oxygen atoms in total. The van der Waals surface area contributed by atoms with Crippen molar-refractivity contribution in [3.8, 4) is 11.8 Å². The third kappa shape index (κ3) is 2.18. The number of rotatable bonds is 3. The molecular weight excluding hydrogens is 190 g/mol. The van der Waals surface area contributed by atoms with Crippen molar-refractivity contribution in [3.63, 3.8) is 0 Å². The zero-order chi connectivity index (χ0) is 10.8. The maximum atomic E-state index is 8.76. The maximum absolute atomic E-state index is 8.76. The first-order chi connectivity index (χ1) is 7.20. The summed E-state index contributed by atoms with van der Waals surface area (Å²) in [6, 6.07) is 3.72. The van der Waals surface area contributed by atoms with Crippen LogP contribution < -0.4 is 9.64 Å². The van der Waals surface area contributed by atoms with E-state index in [-0.39, 0.29) is 0 Å². The van der Waals surface area contributed by atoms with Crippen LogP contribution in [0.15, 0.2) is 12.3 Å². The van der Waals surface area contributed by atoms with Crippen LogP contribution in [0.4, 0.5) is 5.69 Å². The molecule has 0 amide bonds. The third-order valence-electron chi connectivity index (χ3n) is 2.26. The lowest BCUT2D eigenvalue weighted by Gasteiger charge is -2.17. The van der Waals surface area contributed by atoms with Crippen LogP contribution in [-0.4, -0.2) is 25.2 Å². The lowest BCUT2D eigenvalue weighted by Crippen LogP contribution is -2.12. The fraction of sp³-hybridized carbons (Fsp3) is 0.455. The van der Waals surface area contributed by atoms with Gasteiger partial charge in [0.1, 0.15) is 17.5 Å². The Morgan fingerprint density at radius 2 is 2.27 bits per heavy atom. The second-order valence-corrected chi connectivity index (χ2v) is 3.86. The van der Waals surface area contributed by atoms with E-state index in [0.717, 1.165) is 24.3 Å². The van der Waals surface area contributed by atoms with Gasteiger partial charge in [-0.15, -0.1) is 0 Å².